The predicted octanol–water partition coefficient (Wildman–Crippen LogP) is 1.80. The molecular formula is C22H26BN3O7P-. The van der Waals surface area contributed by atoms with E-state index in [1.54, 1.807) is 24.2 Å². The van der Waals surface area contributed by atoms with Crippen LogP contribution in [0.2, 0.25) is 0 Å². The third-order valence-electron chi connectivity index (χ3n) is 4.88. The smallest absolute Gasteiger partial charge is 0.302 e. The molecule has 2 radical (unpaired) electrons. The molecule has 10 nitrogen and oxygen atoms in total. The van der Waals surface area contributed by atoms with Gasteiger partial charge in [-0.3, -0.25) is 14.3 Å². The van der Waals surface area contributed by atoms with Crippen LogP contribution in [0, 0.1) is 0 Å². The van der Waals surface area contributed by atoms with Gasteiger partial charge in [-0.2, -0.15) is 0 Å². The van der Waals surface area contributed by atoms with Crippen LogP contribution in [-0.4, -0.2) is 68.8 Å². The van der Waals surface area contributed by atoms with E-state index in [0.29, 0.717) is 5.82 Å². The molecule has 1 unspecified atom stereocenters. The third kappa shape index (κ3) is 8.34. The molecule has 0 aromatic carbocycles. The van der Waals surface area contributed by atoms with Gasteiger partial charge in [-0.25, -0.2) is 4.98 Å². The van der Waals surface area contributed by atoms with Gasteiger partial charge in [-0.15, -0.1) is 0 Å². The van der Waals surface area contributed by atoms with E-state index in [1.807, 2.05) is 42.5 Å². The molecule has 12 heteroatoms. The Balaban J connectivity index is 1.46. The van der Waals surface area contributed by atoms with E-state index in [9.17, 15) is 14.3 Å². The number of carbonyl (C=O) groups excluding carboxylic acids is 1. The topological polar surface area (TPSA) is 123 Å². The standard InChI is InChI=1S/C22H27BN3O7P/c1-16(27)32-19-14-21(23)33-20(19)15-31-34(28,29)30-13-12-26(2)22-8-5-7-18(25-22)10-9-17-6-3-4-11-24-17/h3-11,19-21H,12-15H2,1-2H3,(H,28,29)/p-1/b10-9+/t19-,20-,21-/m1/s1. The first kappa shape index (κ1) is 26.1. The molecule has 3 rings (SSSR count). The molecule has 1 saturated heterocycles. The molecule has 4 atom stereocenters. The lowest BCUT2D eigenvalue weighted by molar-refractivity contribution is -0.227. The Bertz CT molecular complexity index is 1030. The van der Waals surface area contributed by atoms with E-state index >= 15 is 0 Å². The van der Waals surface area contributed by atoms with Crippen molar-refractivity contribution in [1.29, 1.82) is 0 Å². The number of anilines is 1. The molecular weight excluding hydrogens is 460 g/mol. The normalized spacial score (nSPS) is 21.9. The Morgan fingerprint density at radius 3 is 2.76 bits per heavy atom. The van der Waals surface area contributed by atoms with E-state index in [-0.39, 0.29) is 26.2 Å². The number of hydrogen-bond acceptors (Lipinski definition) is 10. The highest BCUT2D eigenvalue weighted by Crippen LogP contribution is 2.39. The summed E-state index contributed by atoms with van der Waals surface area (Å²) in [6.07, 6.45) is 4.19. The van der Waals surface area contributed by atoms with Crippen molar-refractivity contribution in [3.63, 3.8) is 0 Å². The molecule has 0 amide bonds. The summed E-state index contributed by atoms with van der Waals surface area (Å²) in [5.41, 5.74) is 1.54. The van der Waals surface area contributed by atoms with Crippen LogP contribution in [0.1, 0.15) is 24.7 Å². The molecule has 0 spiro atoms. The number of carbonyl (C=O) groups is 1. The fraction of sp³-hybridized carbons (Fsp3) is 0.409. The first-order chi connectivity index (χ1) is 16.2. The van der Waals surface area contributed by atoms with Crippen LogP contribution in [0.15, 0.2) is 42.6 Å². The molecule has 2 aromatic heterocycles. The van der Waals surface area contributed by atoms with Crippen LogP contribution in [-0.2, 0) is 27.9 Å². The van der Waals surface area contributed by atoms with Crippen LogP contribution >= 0.6 is 7.82 Å². The number of hydrogen-bond donors (Lipinski definition) is 0. The Labute approximate surface area is 199 Å². The van der Waals surface area contributed by atoms with Crippen LogP contribution in [0.4, 0.5) is 5.82 Å². The van der Waals surface area contributed by atoms with Gasteiger partial charge in [0.25, 0.3) is 7.82 Å². The number of nitrogens with zero attached hydrogens (tertiary/aromatic N) is 3. The lowest BCUT2D eigenvalue weighted by Gasteiger charge is -2.27. The zero-order valence-electron chi connectivity index (χ0n) is 19.0. The summed E-state index contributed by atoms with van der Waals surface area (Å²) < 4.78 is 32.5. The summed E-state index contributed by atoms with van der Waals surface area (Å²) in [7, 11) is 2.86. The van der Waals surface area contributed by atoms with Gasteiger partial charge in [-0.1, -0.05) is 12.1 Å². The summed E-state index contributed by atoms with van der Waals surface area (Å²) in [6, 6.07) is 10.5. The number of ether oxygens (including phenoxy) is 2. The van der Waals surface area contributed by atoms with Crippen LogP contribution in [0.5, 0.6) is 0 Å². The van der Waals surface area contributed by atoms with Crippen molar-refractivity contribution in [2.45, 2.75) is 31.6 Å². The van der Waals surface area contributed by atoms with E-state index in [4.69, 9.17) is 26.4 Å². The lowest BCUT2D eigenvalue weighted by Crippen LogP contribution is -2.31. The van der Waals surface area contributed by atoms with Crippen molar-refractivity contribution < 1.29 is 32.8 Å². The zero-order chi connectivity index (χ0) is 24.6. The Morgan fingerprint density at radius 1 is 1.26 bits per heavy atom. The van der Waals surface area contributed by atoms with Crippen LogP contribution in [0.25, 0.3) is 12.2 Å². The number of aromatic nitrogens is 2. The van der Waals surface area contributed by atoms with E-state index in [2.05, 4.69) is 9.97 Å². The fourth-order valence-corrected chi connectivity index (χ4v) is 3.94. The predicted molar refractivity (Wildman–Crippen MR) is 125 cm³/mol. The van der Waals surface area contributed by atoms with Gasteiger partial charge < -0.3 is 28.3 Å². The SMILES string of the molecule is [B][C@H]1C[C@@H](OC(C)=O)[C@@H](COP(=O)([O-])OCCN(C)c2cccc(/C=C/c3ccccn3)n2)O1. The Kier molecular flexibility index (Phi) is 9.38. The molecule has 0 bridgehead atoms. The quantitative estimate of drug-likeness (QED) is 0.264. The molecule has 2 aromatic rings. The highest BCUT2D eigenvalue weighted by Gasteiger charge is 2.36. The lowest BCUT2D eigenvalue weighted by atomic mass is 9.96. The molecule has 0 aliphatic carbocycles. The van der Waals surface area contributed by atoms with Gasteiger partial charge in [0.15, 0.2) is 0 Å². The maximum Gasteiger partial charge on any atom is 0.302 e. The minimum absolute atomic E-state index is 0.147. The molecule has 1 aliphatic heterocycles. The molecule has 0 saturated carbocycles. The summed E-state index contributed by atoms with van der Waals surface area (Å²) in [5.74, 6) is 0.133. The highest BCUT2D eigenvalue weighted by molar-refractivity contribution is 7.45. The van der Waals surface area contributed by atoms with Gasteiger partial charge in [0.1, 0.15) is 25.9 Å². The minimum Gasteiger partial charge on any atom is -0.756 e. The van der Waals surface area contributed by atoms with Crippen LogP contribution in [0.3, 0.4) is 0 Å². The van der Waals surface area contributed by atoms with E-state index < -0.39 is 32.0 Å². The number of phosphoric ester groups is 1. The maximum atomic E-state index is 12.1. The molecule has 1 fully saturated rings. The van der Waals surface area contributed by atoms with Gasteiger partial charge in [0.05, 0.1) is 24.6 Å². The second-order valence-corrected chi connectivity index (χ2v) is 9.01. The van der Waals surface area contributed by atoms with Crippen molar-refractivity contribution in [3.8, 4) is 0 Å². The molecule has 0 N–H and O–H groups in total. The summed E-state index contributed by atoms with van der Waals surface area (Å²) in [6.45, 7) is 0.984. The average molecular weight is 486 g/mol. The monoisotopic (exact) mass is 486 g/mol. The first-order valence-electron chi connectivity index (χ1n) is 10.7. The number of phosphoric acid groups is 1. The summed E-state index contributed by atoms with van der Waals surface area (Å²) in [5, 5.41) is 0. The molecule has 1 aliphatic rings. The van der Waals surface area contributed by atoms with Crippen molar-refractivity contribution >= 4 is 39.6 Å². The largest absolute Gasteiger partial charge is 0.756 e. The second kappa shape index (κ2) is 12.2. The molecule has 34 heavy (non-hydrogen) atoms. The third-order valence-corrected chi connectivity index (χ3v) is 5.84. The van der Waals surface area contributed by atoms with Crippen molar-refractivity contribution in [3.05, 3.63) is 54.0 Å². The van der Waals surface area contributed by atoms with E-state index in [0.717, 1.165) is 11.4 Å². The van der Waals surface area contributed by atoms with Crippen molar-refractivity contribution in [2.24, 2.45) is 0 Å². The summed E-state index contributed by atoms with van der Waals surface area (Å²) in [4.78, 5) is 33.8. The van der Waals surface area contributed by atoms with Crippen LogP contribution < -0.4 is 9.79 Å². The van der Waals surface area contributed by atoms with E-state index in [1.165, 1.54) is 6.92 Å². The van der Waals surface area contributed by atoms with Gasteiger partial charge in [0.2, 0.25) is 0 Å². The Hall–Kier alpha value is -2.56. The van der Waals surface area contributed by atoms with Crippen molar-refractivity contribution in [1.82, 2.24) is 9.97 Å². The molecule has 180 valence electrons. The van der Waals surface area contributed by atoms with Gasteiger partial charge in [-0.05, 0) is 36.4 Å². The zero-order valence-corrected chi connectivity index (χ0v) is 19.9. The van der Waals surface area contributed by atoms with Gasteiger partial charge >= 0.3 is 5.97 Å². The number of pyridine rings is 2. The number of esters is 1. The Morgan fingerprint density at radius 2 is 2.03 bits per heavy atom. The van der Waals surface area contributed by atoms with Gasteiger partial charge in [0, 0.05) is 39.1 Å². The minimum atomic E-state index is -4.60. The first-order valence-corrected chi connectivity index (χ1v) is 12.1. The highest BCUT2D eigenvalue weighted by atomic mass is 31.2. The second-order valence-electron chi connectivity index (χ2n) is 7.60. The fourth-order valence-electron chi connectivity index (χ4n) is 3.23. The van der Waals surface area contributed by atoms with Crippen molar-refractivity contribution in [2.75, 3.05) is 31.7 Å². The maximum absolute atomic E-state index is 12.1. The molecule has 3 heterocycles. The number of rotatable bonds is 11. The summed E-state index contributed by atoms with van der Waals surface area (Å²) >= 11 is 0. The average Bonchev–Trinajstić information content (AvgIpc) is 3.15. The number of likely N-dealkylation sites (N-methyl/N-ethyl adjacent to an activating group) is 1.